The number of ether oxygens (including phenoxy) is 2. The van der Waals surface area contributed by atoms with E-state index in [9.17, 15) is 4.79 Å². The smallest absolute Gasteiger partial charge is 0.342 e. The summed E-state index contributed by atoms with van der Waals surface area (Å²) >= 11 is 5.79. The molecule has 3 nitrogen and oxygen atoms in total. The van der Waals surface area contributed by atoms with Crippen LogP contribution in [0.3, 0.4) is 0 Å². The SMILES string of the molecule is [B][C@H](Cl)Cc1cccc(C(=O)OC(C)(C)C)c1OC. The molecule has 1 rings (SSSR count). The van der Waals surface area contributed by atoms with Crippen molar-refractivity contribution in [2.75, 3.05) is 7.11 Å². The van der Waals surface area contributed by atoms with Gasteiger partial charge in [-0.15, -0.1) is 11.6 Å². The molecule has 1 atom stereocenters. The minimum Gasteiger partial charge on any atom is -0.496 e. The molecule has 0 spiro atoms. The van der Waals surface area contributed by atoms with Crippen molar-refractivity contribution >= 4 is 25.4 Å². The van der Waals surface area contributed by atoms with Crippen LogP contribution in [-0.2, 0) is 11.2 Å². The zero-order valence-corrected chi connectivity index (χ0v) is 12.5. The Balaban J connectivity index is 3.10. The summed E-state index contributed by atoms with van der Waals surface area (Å²) < 4.78 is 10.6. The average Bonchev–Trinajstić information content (AvgIpc) is 2.25. The van der Waals surface area contributed by atoms with E-state index in [1.807, 2.05) is 26.8 Å². The molecular weight excluding hydrogens is 262 g/mol. The average molecular weight is 281 g/mol. The number of methoxy groups -OCH3 is 1. The maximum Gasteiger partial charge on any atom is 0.342 e. The van der Waals surface area contributed by atoms with Crippen LogP contribution in [0.25, 0.3) is 0 Å². The van der Waals surface area contributed by atoms with Gasteiger partial charge in [-0.3, -0.25) is 0 Å². The van der Waals surface area contributed by atoms with Crippen LogP contribution in [0, 0.1) is 0 Å². The number of benzene rings is 1. The van der Waals surface area contributed by atoms with Crippen LogP contribution in [0.2, 0.25) is 0 Å². The minimum atomic E-state index is -0.555. The molecule has 19 heavy (non-hydrogen) atoms. The fourth-order valence-corrected chi connectivity index (χ4v) is 1.86. The van der Waals surface area contributed by atoms with E-state index < -0.39 is 16.8 Å². The molecule has 0 aliphatic carbocycles. The highest BCUT2D eigenvalue weighted by Gasteiger charge is 2.22. The number of hydrogen-bond donors (Lipinski definition) is 0. The van der Waals surface area contributed by atoms with E-state index in [-0.39, 0.29) is 0 Å². The number of carbonyl (C=O) groups excluding carboxylic acids is 1. The monoisotopic (exact) mass is 280 g/mol. The lowest BCUT2D eigenvalue weighted by atomic mass is 9.94. The van der Waals surface area contributed by atoms with E-state index in [4.69, 9.17) is 28.9 Å². The molecule has 5 heteroatoms. The van der Waals surface area contributed by atoms with Crippen LogP contribution in [0.15, 0.2) is 18.2 Å². The normalized spacial score (nSPS) is 12.9. The predicted octanol–water partition coefficient (Wildman–Crippen LogP) is 2.93. The van der Waals surface area contributed by atoms with Crippen LogP contribution >= 0.6 is 11.6 Å². The third-order valence-electron chi connectivity index (χ3n) is 2.33. The number of hydrogen-bond acceptors (Lipinski definition) is 3. The van der Waals surface area contributed by atoms with E-state index >= 15 is 0 Å². The summed E-state index contributed by atoms with van der Waals surface area (Å²) in [6.45, 7) is 5.45. The van der Waals surface area contributed by atoms with Crippen molar-refractivity contribution in [3.63, 3.8) is 0 Å². The van der Waals surface area contributed by atoms with Gasteiger partial charge in [0.2, 0.25) is 0 Å². The Kier molecular flexibility index (Phi) is 5.30. The maximum atomic E-state index is 12.1. The van der Waals surface area contributed by atoms with Gasteiger partial charge in [0, 0.05) is 0 Å². The van der Waals surface area contributed by atoms with Gasteiger partial charge < -0.3 is 9.47 Å². The van der Waals surface area contributed by atoms with Gasteiger partial charge in [0.1, 0.15) is 16.9 Å². The first-order valence-corrected chi connectivity index (χ1v) is 6.47. The second-order valence-corrected chi connectivity index (χ2v) is 5.78. The fraction of sp³-hybridized carbons (Fsp3) is 0.500. The predicted molar refractivity (Wildman–Crippen MR) is 77.3 cm³/mol. The molecule has 0 amide bonds. The molecule has 0 N–H and O–H groups in total. The summed E-state index contributed by atoms with van der Waals surface area (Å²) in [5.74, 6) is 0.0437. The van der Waals surface area contributed by atoms with Gasteiger partial charge in [-0.25, -0.2) is 4.79 Å². The summed E-state index contributed by atoms with van der Waals surface area (Å²) in [4.78, 5) is 12.1. The standard InChI is InChI=1S/C14H18BClO3/c1-14(2,3)19-13(17)10-7-5-6-9(8-11(15)16)12(10)18-4/h5-7,11H,8H2,1-4H3/t11-/m1/s1. The lowest BCUT2D eigenvalue weighted by Gasteiger charge is -2.21. The topological polar surface area (TPSA) is 35.5 Å². The second kappa shape index (κ2) is 6.33. The Morgan fingerprint density at radius 1 is 1.42 bits per heavy atom. The van der Waals surface area contributed by atoms with Gasteiger partial charge in [0.05, 0.1) is 15.0 Å². The Morgan fingerprint density at radius 3 is 2.53 bits per heavy atom. The Morgan fingerprint density at radius 2 is 2.05 bits per heavy atom. The third-order valence-corrected chi connectivity index (χ3v) is 2.49. The molecule has 0 unspecified atom stereocenters. The molecule has 0 bridgehead atoms. The highest BCUT2D eigenvalue weighted by atomic mass is 35.5. The van der Waals surface area contributed by atoms with E-state index in [0.717, 1.165) is 5.56 Å². The molecule has 1 aromatic carbocycles. The van der Waals surface area contributed by atoms with Crippen molar-refractivity contribution in [1.82, 2.24) is 0 Å². The molecule has 102 valence electrons. The molecular formula is C14H18BClO3. The van der Waals surface area contributed by atoms with Crippen LogP contribution in [0.1, 0.15) is 36.7 Å². The molecule has 0 heterocycles. The van der Waals surface area contributed by atoms with Gasteiger partial charge in [-0.2, -0.15) is 0 Å². The van der Waals surface area contributed by atoms with Crippen molar-refractivity contribution in [1.29, 1.82) is 0 Å². The highest BCUT2D eigenvalue weighted by molar-refractivity contribution is 6.40. The molecule has 0 aliphatic heterocycles. The second-order valence-electron chi connectivity index (χ2n) is 5.22. The summed E-state index contributed by atoms with van der Waals surface area (Å²) in [5.41, 5.74) is 0.613. The largest absolute Gasteiger partial charge is 0.496 e. The first-order valence-electron chi connectivity index (χ1n) is 6.03. The lowest BCUT2D eigenvalue weighted by Crippen LogP contribution is -2.24. The van der Waals surface area contributed by atoms with Gasteiger partial charge in [0.15, 0.2) is 0 Å². The Bertz CT molecular complexity index is 452. The third kappa shape index (κ3) is 4.79. The van der Waals surface area contributed by atoms with Crippen LogP contribution in [-0.4, -0.2) is 31.8 Å². The van der Waals surface area contributed by atoms with Crippen LogP contribution < -0.4 is 4.74 Å². The van der Waals surface area contributed by atoms with Crippen molar-refractivity contribution in [2.45, 2.75) is 38.1 Å². The number of alkyl halides is 1. The Hall–Kier alpha value is -1.16. The van der Waals surface area contributed by atoms with E-state index in [1.165, 1.54) is 7.11 Å². The quantitative estimate of drug-likeness (QED) is 0.483. The summed E-state index contributed by atoms with van der Waals surface area (Å²) in [6.07, 6.45) is 0.418. The zero-order chi connectivity index (χ0) is 14.6. The Labute approximate surface area is 120 Å². The minimum absolute atomic E-state index is 0.382. The number of para-hydroxylation sites is 1. The van der Waals surface area contributed by atoms with Crippen molar-refractivity contribution in [3.8, 4) is 5.75 Å². The van der Waals surface area contributed by atoms with Crippen LogP contribution in [0.4, 0.5) is 0 Å². The molecule has 0 saturated heterocycles. The highest BCUT2D eigenvalue weighted by Crippen LogP contribution is 2.27. The van der Waals surface area contributed by atoms with Gasteiger partial charge >= 0.3 is 5.97 Å². The summed E-state index contributed by atoms with van der Waals surface area (Å²) in [7, 11) is 7.08. The van der Waals surface area contributed by atoms with E-state index in [2.05, 4.69) is 0 Å². The fourth-order valence-electron chi connectivity index (χ4n) is 1.69. The zero-order valence-electron chi connectivity index (χ0n) is 11.7. The molecule has 0 fully saturated rings. The molecule has 0 aliphatic rings. The number of rotatable bonds is 4. The maximum absolute atomic E-state index is 12.1. The van der Waals surface area contributed by atoms with Crippen molar-refractivity contribution < 1.29 is 14.3 Å². The van der Waals surface area contributed by atoms with Crippen molar-refractivity contribution in [3.05, 3.63) is 29.3 Å². The summed E-state index contributed by atoms with van der Waals surface area (Å²) in [5, 5.41) is -0.525. The summed E-state index contributed by atoms with van der Waals surface area (Å²) in [6, 6.07) is 5.25. The van der Waals surface area contributed by atoms with Gasteiger partial charge in [-0.05, 0) is 44.1 Å². The van der Waals surface area contributed by atoms with Crippen LogP contribution in [0.5, 0.6) is 5.75 Å². The number of esters is 1. The van der Waals surface area contributed by atoms with Gasteiger partial charge in [-0.1, -0.05) is 12.1 Å². The molecule has 0 saturated carbocycles. The van der Waals surface area contributed by atoms with Crippen molar-refractivity contribution in [2.24, 2.45) is 0 Å². The lowest BCUT2D eigenvalue weighted by molar-refractivity contribution is 0.00663. The van der Waals surface area contributed by atoms with Gasteiger partial charge in [0.25, 0.3) is 0 Å². The number of halogens is 1. The molecule has 1 aromatic rings. The van der Waals surface area contributed by atoms with E-state index in [0.29, 0.717) is 17.7 Å². The number of carbonyl (C=O) groups is 1. The molecule has 0 aromatic heterocycles. The van der Waals surface area contributed by atoms with E-state index in [1.54, 1.807) is 12.1 Å². The first kappa shape index (κ1) is 15.9. The molecule has 2 radical (unpaired) electrons. The first-order chi connectivity index (χ1) is 8.74.